The number of hydrogen-bond donors (Lipinski definition) is 0. The van der Waals surface area contributed by atoms with Crippen molar-refractivity contribution in [2.24, 2.45) is 0 Å². The molecule has 2 aliphatic heterocycles. The number of aromatic nitrogens is 1. The van der Waals surface area contributed by atoms with E-state index in [0.29, 0.717) is 26.2 Å². The number of sulfonamides is 1. The van der Waals surface area contributed by atoms with Gasteiger partial charge in [-0.25, -0.2) is 12.7 Å². The Morgan fingerprint density at radius 2 is 1.83 bits per heavy atom. The van der Waals surface area contributed by atoms with Gasteiger partial charge in [0.05, 0.1) is 11.3 Å². The number of carbonyl (C=O) groups is 2. The number of rotatable bonds is 4. The minimum Gasteiger partial charge on any atom is -0.336 e. The van der Waals surface area contributed by atoms with E-state index in [1.807, 2.05) is 18.2 Å². The molecule has 1 saturated heterocycles. The van der Waals surface area contributed by atoms with Gasteiger partial charge in [0.1, 0.15) is 4.90 Å². The van der Waals surface area contributed by atoms with E-state index in [0.717, 1.165) is 16.5 Å². The molecule has 1 aromatic heterocycles. The summed E-state index contributed by atoms with van der Waals surface area (Å²) in [5.74, 6) is -0.761. The number of nitrogens with zero attached hydrogens (tertiary/aromatic N) is 4. The smallest absolute Gasteiger partial charge is 0.269 e. The Hall–Kier alpha value is -2.78. The molecule has 9 heteroatoms. The minimum absolute atomic E-state index is 0.0826. The first-order chi connectivity index (χ1) is 14.3. The number of pyridine rings is 1. The Morgan fingerprint density at radius 3 is 2.47 bits per heavy atom. The molecule has 0 unspecified atom stereocenters. The third kappa shape index (κ3) is 3.59. The van der Waals surface area contributed by atoms with Crippen LogP contribution < -0.4 is 0 Å². The normalized spacial score (nSPS) is 18.7. The summed E-state index contributed by atoms with van der Waals surface area (Å²) < 4.78 is 26.4. The number of fused-ring (bicyclic) bond motifs is 1. The quantitative estimate of drug-likeness (QED) is 0.735. The van der Waals surface area contributed by atoms with Crippen LogP contribution in [0.2, 0.25) is 0 Å². The van der Waals surface area contributed by atoms with Crippen LogP contribution in [0.5, 0.6) is 0 Å². The molecule has 0 spiro atoms. The van der Waals surface area contributed by atoms with Crippen LogP contribution in [-0.2, 0) is 16.6 Å². The zero-order valence-electron chi connectivity index (χ0n) is 17.0. The Morgan fingerprint density at radius 1 is 1.10 bits per heavy atom. The molecule has 8 nitrogen and oxygen atoms in total. The maximum Gasteiger partial charge on any atom is 0.269 e. The van der Waals surface area contributed by atoms with Gasteiger partial charge in [0, 0.05) is 50.5 Å². The summed E-state index contributed by atoms with van der Waals surface area (Å²) in [4.78, 5) is 33.6. The van der Waals surface area contributed by atoms with E-state index in [2.05, 4.69) is 9.88 Å². The van der Waals surface area contributed by atoms with Crippen LogP contribution in [0.4, 0.5) is 0 Å². The molecule has 1 aromatic carbocycles. The lowest BCUT2D eigenvalue weighted by atomic mass is 10.1. The van der Waals surface area contributed by atoms with Gasteiger partial charge in [0.2, 0.25) is 0 Å². The fourth-order valence-corrected chi connectivity index (χ4v) is 5.70. The van der Waals surface area contributed by atoms with Crippen LogP contribution in [0, 0.1) is 0 Å². The van der Waals surface area contributed by atoms with E-state index in [4.69, 9.17) is 0 Å². The predicted molar refractivity (Wildman–Crippen MR) is 110 cm³/mol. The van der Waals surface area contributed by atoms with Gasteiger partial charge in [0.25, 0.3) is 21.8 Å². The summed E-state index contributed by atoms with van der Waals surface area (Å²) in [5, 5.41) is 0. The minimum atomic E-state index is -3.93. The zero-order valence-corrected chi connectivity index (χ0v) is 17.8. The molecule has 0 N–H and O–H groups in total. The second-order valence-electron chi connectivity index (χ2n) is 7.80. The molecule has 0 saturated carbocycles. The molecule has 0 radical (unpaired) electrons. The van der Waals surface area contributed by atoms with Crippen molar-refractivity contribution in [1.29, 1.82) is 0 Å². The predicted octanol–water partition coefficient (Wildman–Crippen LogP) is 1.59. The standard InChI is InChI=1S/C21H24N4O4S/c1-15(2)25-21(27)18-7-6-16(13-19(18)30(25,28)29)20(26)24-11-9-23(10-12-24)14-17-5-3-4-8-22-17/h3-8,13,15H,9-12,14H2,1-2H3. The van der Waals surface area contributed by atoms with Gasteiger partial charge < -0.3 is 4.90 Å². The molecule has 0 atom stereocenters. The largest absolute Gasteiger partial charge is 0.336 e. The van der Waals surface area contributed by atoms with Crippen molar-refractivity contribution in [3.63, 3.8) is 0 Å². The zero-order chi connectivity index (χ0) is 21.5. The maximum atomic E-state index is 13.0. The highest BCUT2D eigenvalue weighted by atomic mass is 32.2. The lowest BCUT2D eigenvalue weighted by molar-refractivity contribution is 0.0626. The molecule has 0 aliphatic carbocycles. The van der Waals surface area contributed by atoms with E-state index in [-0.39, 0.29) is 21.9 Å². The highest BCUT2D eigenvalue weighted by molar-refractivity contribution is 7.90. The second-order valence-corrected chi connectivity index (χ2v) is 9.58. The molecule has 2 aromatic rings. The Labute approximate surface area is 176 Å². The van der Waals surface area contributed by atoms with Crippen LogP contribution in [0.15, 0.2) is 47.5 Å². The molecule has 2 aliphatic rings. The fraction of sp³-hybridized carbons (Fsp3) is 0.381. The van der Waals surface area contributed by atoms with Crippen molar-refractivity contribution in [2.45, 2.75) is 31.3 Å². The lowest BCUT2D eigenvalue weighted by Crippen LogP contribution is -2.48. The maximum absolute atomic E-state index is 13.0. The van der Waals surface area contributed by atoms with Gasteiger partial charge in [-0.15, -0.1) is 0 Å². The van der Waals surface area contributed by atoms with Crippen molar-refractivity contribution < 1.29 is 18.0 Å². The Kier molecular flexibility index (Phi) is 5.33. The van der Waals surface area contributed by atoms with Crippen molar-refractivity contribution in [3.8, 4) is 0 Å². The first kappa shape index (κ1) is 20.5. The molecular weight excluding hydrogens is 404 g/mol. The van der Waals surface area contributed by atoms with E-state index in [1.165, 1.54) is 12.1 Å². The van der Waals surface area contributed by atoms with Crippen LogP contribution in [-0.4, -0.2) is 71.5 Å². The molecule has 2 amide bonds. The summed E-state index contributed by atoms with van der Waals surface area (Å²) in [5.41, 5.74) is 1.40. The van der Waals surface area contributed by atoms with Gasteiger partial charge >= 0.3 is 0 Å². The first-order valence-corrected chi connectivity index (χ1v) is 11.4. The summed E-state index contributed by atoms with van der Waals surface area (Å²) >= 11 is 0. The van der Waals surface area contributed by atoms with Gasteiger partial charge in [-0.05, 0) is 44.2 Å². The van der Waals surface area contributed by atoms with Gasteiger partial charge in [-0.3, -0.25) is 19.5 Å². The number of piperazine rings is 1. The molecule has 1 fully saturated rings. The fourth-order valence-electron chi connectivity index (χ4n) is 3.90. The van der Waals surface area contributed by atoms with Crippen LogP contribution >= 0.6 is 0 Å². The van der Waals surface area contributed by atoms with E-state index >= 15 is 0 Å². The third-order valence-corrected chi connectivity index (χ3v) is 7.44. The number of carbonyl (C=O) groups excluding carboxylic acids is 2. The highest BCUT2D eigenvalue weighted by Gasteiger charge is 2.43. The van der Waals surface area contributed by atoms with E-state index < -0.39 is 22.0 Å². The average Bonchev–Trinajstić information content (AvgIpc) is 2.94. The van der Waals surface area contributed by atoms with Crippen molar-refractivity contribution in [1.82, 2.24) is 19.1 Å². The lowest BCUT2D eigenvalue weighted by Gasteiger charge is -2.34. The Bertz CT molecular complexity index is 1080. The molecule has 0 bridgehead atoms. The van der Waals surface area contributed by atoms with Crippen LogP contribution in [0.1, 0.15) is 40.3 Å². The molecule has 30 heavy (non-hydrogen) atoms. The summed E-state index contributed by atoms with van der Waals surface area (Å²) in [6.45, 7) is 6.55. The van der Waals surface area contributed by atoms with E-state index in [1.54, 1.807) is 31.0 Å². The summed E-state index contributed by atoms with van der Waals surface area (Å²) in [6.07, 6.45) is 1.77. The molecule has 158 valence electrons. The topological polar surface area (TPSA) is 90.9 Å². The second kappa shape index (κ2) is 7.81. The number of benzene rings is 1. The third-order valence-electron chi connectivity index (χ3n) is 5.44. The SMILES string of the molecule is CC(C)N1C(=O)c2ccc(C(=O)N3CCN(Cc4ccccn4)CC3)cc2S1(=O)=O. The van der Waals surface area contributed by atoms with Crippen LogP contribution in [0.3, 0.4) is 0 Å². The van der Waals surface area contributed by atoms with Gasteiger partial charge in [-0.1, -0.05) is 6.07 Å². The number of hydrogen-bond acceptors (Lipinski definition) is 6. The van der Waals surface area contributed by atoms with Gasteiger partial charge in [0.15, 0.2) is 0 Å². The van der Waals surface area contributed by atoms with Crippen molar-refractivity contribution in [3.05, 3.63) is 59.4 Å². The monoisotopic (exact) mass is 428 g/mol. The van der Waals surface area contributed by atoms with Crippen molar-refractivity contribution in [2.75, 3.05) is 26.2 Å². The summed E-state index contributed by atoms with van der Waals surface area (Å²) in [6, 6.07) is 9.65. The highest BCUT2D eigenvalue weighted by Crippen LogP contribution is 2.32. The molecule has 4 rings (SSSR count). The average molecular weight is 429 g/mol. The molecular formula is C21H24N4O4S. The number of amides is 2. The Balaban J connectivity index is 1.47. The summed E-state index contributed by atoms with van der Waals surface area (Å²) in [7, 11) is -3.93. The van der Waals surface area contributed by atoms with Crippen LogP contribution in [0.25, 0.3) is 0 Å². The van der Waals surface area contributed by atoms with Crippen molar-refractivity contribution >= 4 is 21.8 Å². The first-order valence-electron chi connectivity index (χ1n) is 9.93. The van der Waals surface area contributed by atoms with Gasteiger partial charge in [-0.2, -0.15) is 0 Å². The molecule has 3 heterocycles. The van der Waals surface area contributed by atoms with E-state index in [9.17, 15) is 18.0 Å².